The van der Waals surface area contributed by atoms with Gasteiger partial charge in [-0.2, -0.15) is 0 Å². The third-order valence-electron chi connectivity index (χ3n) is 4.78. The quantitative estimate of drug-likeness (QED) is 0.633. The second-order valence-electron chi connectivity index (χ2n) is 5.76. The lowest BCUT2D eigenvalue weighted by Crippen LogP contribution is -2.54. The van der Waals surface area contributed by atoms with E-state index >= 15 is 0 Å². The molecule has 0 amide bonds. The Morgan fingerprint density at radius 2 is 1.95 bits per heavy atom. The molecule has 0 saturated heterocycles. The summed E-state index contributed by atoms with van der Waals surface area (Å²) in [6.07, 6.45) is 3.87. The third kappa shape index (κ3) is 2.79. The average molecular weight is 286 g/mol. The Morgan fingerprint density at radius 3 is 2.52 bits per heavy atom. The number of nitrogens with zero attached hydrogens (tertiary/aromatic N) is 2. The van der Waals surface area contributed by atoms with Gasteiger partial charge in [0.15, 0.2) is 0 Å². The van der Waals surface area contributed by atoms with E-state index in [0.717, 1.165) is 23.7 Å². The Labute approximate surface area is 127 Å². The fourth-order valence-electron chi connectivity index (χ4n) is 3.38. The summed E-state index contributed by atoms with van der Waals surface area (Å²) in [5.74, 6) is 5.93. The highest BCUT2D eigenvalue weighted by Gasteiger charge is 2.38. The van der Waals surface area contributed by atoms with Gasteiger partial charge in [-0.3, -0.25) is 16.3 Å². The van der Waals surface area contributed by atoms with Crippen LogP contribution in [0.1, 0.15) is 38.3 Å². The predicted molar refractivity (Wildman–Crippen MR) is 88.8 cm³/mol. The molecule has 2 rings (SSSR count). The van der Waals surface area contributed by atoms with Crippen LogP contribution in [0.15, 0.2) is 36.5 Å². The molecule has 1 aromatic carbocycles. The van der Waals surface area contributed by atoms with Gasteiger partial charge in [-0.25, -0.2) is 0 Å². The Hall–Kier alpha value is -1.49. The second kappa shape index (κ2) is 6.52. The molecule has 114 valence electrons. The summed E-state index contributed by atoms with van der Waals surface area (Å²) >= 11 is 0. The average Bonchev–Trinajstić information content (AvgIpc) is 2.52. The Morgan fingerprint density at radius 1 is 1.24 bits per heavy atom. The molecule has 2 aromatic rings. The molecule has 0 aliphatic carbocycles. The molecular formula is C17H26N4. The van der Waals surface area contributed by atoms with Crippen molar-refractivity contribution in [3.63, 3.8) is 0 Å². The van der Waals surface area contributed by atoms with E-state index in [1.165, 1.54) is 5.56 Å². The van der Waals surface area contributed by atoms with Gasteiger partial charge in [-0.15, -0.1) is 0 Å². The predicted octanol–water partition coefficient (Wildman–Crippen LogP) is 2.86. The van der Waals surface area contributed by atoms with E-state index in [-0.39, 0.29) is 11.6 Å². The number of likely N-dealkylation sites (N-methyl/N-ethyl adjacent to an activating group) is 1. The smallest absolute Gasteiger partial charge is 0.0702 e. The Balaban J connectivity index is 2.51. The van der Waals surface area contributed by atoms with E-state index in [1.807, 2.05) is 12.3 Å². The van der Waals surface area contributed by atoms with Crippen LogP contribution in [0.4, 0.5) is 0 Å². The minimum Gasteiger partial charge on any atom is -0.302 e. The molecule has 3 N–H and O–H groups in total. The van der Waals surface area contributed by atoms with Crippen LogP contribution in [-0.4, -0.2) is 29.5 Å². The molecule has 0 radical (unpaired) electrons. The molecule has 0 saturated carbocycles. The molecule has 4 heteroatoms. The molecular weight excluding hydrogens is 260 g/mol. The number of benzene rings is 1. The van der Waals surface area contributed by atoms with Crippen molar-refractivity contribution in [2.24, 2.45) is 5.84 Å². The first-order valence-corrected chi connectivity index (χ1v) is 7.57. The number of nitrogens with two attached hydrogens (primary N) is 1. The fourth-order valence-corrected chi connectivity index (χ4v) is 3.38. The lowest BCUT2D eigenvalue weighted by molar-refractivity contribution is 0.0882. The minimum atomic E-state index is -0.00929. The van der Waals surface area contributed by atoms with Gasteiger partial charge in [0.1, 0.15) is 0 Å². The van der Waals surface area contributed by atoms with Crippen LogP contribution in [0.5, 0.6) is 0 Å². The summed E-state index contributed by atoms with van der Waals surface area (Å²) < 4.78 is 0. The summed E-state index contributed by atoms with van der Waals surface area (Å²) in [5, 5.41) is 1.15. The van der Waals surface area contributed by atoms with Gasteiger partial charge in [0.2, 0.25) is 0 Å². The number of aromatic nitrogens is 1. The topological polar surface area (TPSA) is 54.2 Å². The van der Waals surface area contributed by atoms with Crippen LogP contribution in [0, 0.1) is 0 Å². The number of hydrogen-bond donors (Lipinski definition) is 2. The maximum absolute atomic E-state index is 5.93. The van der Waals surface area contributed by atoms with Crippen LogP contribution in [0.3, 0.4) is 0 Å². The highest BCUT2D eigenvalue weighted by molar-refractivity contribution is 5.79. The largest absolute Gasteiger partial charge is 0.302 e. The van der Waals surface area contributed by atoms with Crippen molar-refractivity contribution in [1.82, 2.24) is 15.3 Å². The molecule has 0 spiro atoms. The lowest BCUT2D eigenvalue weighted by Gasteiger charge is -2.45. The van der Waals surface area contributed by atoms with Crippen molar-refractivity contribution in [1.29, 1.82) is 0 Å². The van der Waals surface area contributed by atoms with Crippen LogP contribution in [0.25, 0.3) is 10.9 Å². The molecule has 0 bridgehead atoms. The first-order chi connectivity index (χ1) is 10.1. The maximum Gasteiger partial charge on any atom is 0.0702 e. The summed E-state index contributed by atoms with van der Waals surface area (Å²) in [5.41, 5.74) is 5.25. The first kappa shape index (κ1) is 15.9. The van der Waals surface area contributed by atoms with E-state index in [0.29, 0.717) is 0 Å². The van der Waals surface area contributed by atoms with E-state index in [9.17, 15) is 0 Å². The second-order valence-corrected chi connectivity index (χ2v) is 5.76. The van der Waals surface area contributed by atoms with Gasteiger partial charge in [-0.05, 0) is 50.7 Å². The zero-order chi connectivity index (χ0) is 15.5. The van der Waals surface area contributed by atoms with E-state index in [1.54, 1.807) is 0 Å². The molecule has 1 atom stereocenters. The van der Waals surface area contributed by atoms with Gasteiger partial charge in [-0.1, -0.05) is 26.0 Å². The first-order valence-electron chi connectivity index (χ1n) is 7.57. The SMILES string of the molecule is CCC(CC)(C(NN)c1ccc2ncccc2c1)N(C)C. The van der Waals surface area contributed by atoms with E-state index in [4.69, 9.17) is 5.84 Å². The Bertz CT molecular complexity index is 590. The molecule has 0 fully saturated rings. The normalized spacial score (nSPS) is 13.8. The standard InChI is InChI=1S/C17H26N4/c1-5-17(6-2,21(3)4)16(20-18)14-9-10-15-13(12-14)8-7-11-19-15/h7-12,16,20H,5-6,18H2,1-4H3. The van der Waals surface area contributed by atoms with Crippen molar-refractivity contribution in [3.8, 4) is 0 Å². The number of nitrogens with one attached hydrogen (secondary N) is 1. The van der Waals surface area contributed by atoms with Gasteiger partial charge in [0, 0.05) is 17.1 Å². The van der Waals surface area contributed by atoms with Crippen molar-refractivity contribution < 1.29 is 0 Å². The van der Waals surface area contributed by atoms with Crippen molar-refractivity contribution in [2.45, 2.75) is 38.3 Å². The van der Waals surface area contributed by atoms with Crippen LogP contribution < -0.4 is 11.3 Å². The van der Waals surface area contributed by atoms with E-state index < -0.39 is 0 Å². The van der Waals surface area contributed by atoms with Crippen LogP contribution in [0.2, 0.25) is 0 Å². The number of rotatable bonds is 6. The van der Waals surface area contributed by atoms with Crippen molar-refractivity contribution in [3.05, 3.63) is 42.1 Å². The zero-order valence-corrected chi connectivity index (χ0v) is 13.4. The zero-order valence-electron chi connectivity index (χ0n) is 13.4. The molecule has 4 nitrogen and oxygen atoms in total. The summed E-state index contributed by atoms with van der Waals surface area (Å²) in [7, 11) is 4.25. The molecule has 0 aliphatic heterocycles. The third-order valence-corrected chi connectivity index (χ3v) is 4.78. The molecule has 1 unspecified atom stereocenters. The highest BCUT2D eigenvalue weighted by Crippen LogP contribution is 2.36. The van der Waals surface area contributed by atoms with Crippen LogP contribution >= 0.6 is 0 Å². The molecule has 1 aromatic heterocycles. The number of pyridine rings is 1. The molecule has 21 heavy (non-hydrogen) atoms. The molecule has 0 aliphatic rings. The highest BCUT2D eigenvalue weighted by atomic mass is 15.3. The Kier molecular flexibility index (Phi) is 4.93. The van der Waals surface area contributed by atoms with E-state index in [2.05, 4.69) is 67.5 Å². The summed E-state index contributed by atoms with van der Waals surface area (Å²) in [4.78, 5) is 6.67. The van der Waals surface area contributed by atoms with Gasteiger partial charge in [0.05, 0.1) is 11.6 Å². The van der Waals surface area contributed by atoms with Gasteiger partial charge >= 0.3 is 0 Å². The monoisotopic (exact) mass is 286 g/mol. The molecule has 1 heterocycles. The summed E-state index contributed by atoms with van der Waals surface area (Å²) in [6, 6.07) is 10.5. The fraction of sp³-hybridized carbons (Fsp3) is 0.471. The lowest BCUT2D eigenvalue weighted by atomic mass is 9.79. The van der Waals surface area contributed by atoms with Crippen LogP contribution in [-0.2, 0) is 0 Å². The van der Waals surface area contributed by atoms with Gasteiger partial charge < -0.3 is 4.90 Å². The van der Waals surface area contributed by atoms with Crippen molar-refractivity contribution in [2.75, 3.05) is 14.1 Å². The number of hydrazine groups is 1. The van der Waals surface area contributed by atoms with Crippen molar-refractivity contribution >= 4 is 10.9 Å². The summed E-state index contributed by atoms with van der Waals surface area (Å²) in [6.45, 7) is 4.44. The minimum absolute atomic E-state index is 0.00929. The number of hydrogen-bond acceptors (Lipinski definition) is 4. The van der Waals surface area contributed by atoms with Gasteiger partial charge in [0.25, 0.3) is 0 Å². The number of fused-ring (bicyclic) bond motifs is 1. The maximum atomic E-state index is 5.93.